The van der Waals surface area contributed by atoms with Crippen LogP contribution in [0.4, 0.5) is 0 Å². The number of hydrogen-bond acceptors (Lipinski definition) is 7. The molecule has 2 aromatic carbocycles. The van der Waals surface area contributed by atoms with Crippen molar-refractivity contribution >= 4 is 5.91 Å². The Balaban J connectivity index is 1.04. The predicted octanol–water partition coefficient (Wildman–Crippen LogP) is 4.30. The number of pyridine rings is 1. The summed E-state index contributed by atoms with van der Waals surface area (Å²) in [6.45, 7) is 4.31. The topological polar surface area (TPSA) is 102 Å². The fourth-order valence-corrected chi connectivity index (χ4v) is 5.84. The SMILES string of the molecule is COc1ccc(CC2CCN(C(O)c3ccc(C(=O)NC4CCN(Cc5ccc(C#N)cc5)CC4)nc3)CC2)cc1. The molecule has 1 unspecified atom stereocenters. The summed E-state index contributed by atoms with van der Waals surface area (Å²) in [5, 5.41) is 23.1. The van der Waals surface area contributed by atoms with E-state index in [9.17, 15) is 9.90 Å². The van der Waals surface area contributed by atoms with Crippen LogP contribution >= 0.6 is 0 Å². The Morgan fingerprint density at radius 2 is 1.68 bits per heavy atom. The maximum absolute atomic E-state index is 12.9. The lowest BCUT2D eigenvalue weighted by molar-refractivity contribution is -0.0191. The van der Waals surface area contributed by atoms with Gasteiger partial charge in [0.25, 0.3) is 5.91 Å². The number of aliphatic hydroxyl groups excluding tert-OH is 1. The first kappa shape index (κ1) is 28.7. The molecule has 3 heterocycles. The van der Waals surface area contributed by atoms with Crippen molar-refractivity contribution < 1.29 is 14.6 Å². The van der Waals surface area contributed by atoms with Crippen LogP contribution in [-0.4, -0.2) is 65.1 Å². The lowest BCUT2D eigenvalue weighted by atomic mass is 9.90. The number of ether oxygens (including phenoxy) is 1. The minimum atomic E-state index is -0.720. The summed E-state index contributed by atoms with van der Waals surface area (Å²) in [7, 11) is 1.68. The van der Waals surface area contributed by atoms with Crippen molar-refractivity contribution in [3.63, 3.8) is 0 Å². The van der Waals surface area contributed by atoms with Crippen LogP contribution in [0.5, 0.6) is 5.75 Å². The number of aromatic nitrogens is 1. The molecule has 0 saturated carbocycles. The van der Waals surface area contributed by atoms with Crippen molar-refractivity contribution in [1.29, 1.82) is 5.26 Å². The highest BCUT2D eigenvalue weighted by Crippen LogP contribution is 2.27. The summed E-state index contributed by atoms with van der Waals surface area (Å²) in [4.78, 5) is 21.7. The Labute approximate surface area is 242 Å². The number of methoxy groups -OCH3 is 1. The quantitative estimate of drug-likeness (QED) is 0.407. The van der Waals surface area contributed by atoms with Crippen LogP contribution in [-0.2, 0) is 13.0 Å². The number of carbonyl (C=O) groups excluding carboxylic acids is 1. The van der Waals surface area contributed by atoms with Crippen molar-refractivity contribution in [1.82, 2.24) is 20.1 Å². The average Bonchev–Trinajstić information content (AvgIpc) is 3.03. The first-order chi connectivity index (χ1) is 20.0. The van der Waals surface area contributed by atoms with E-state index in [2.05, 4.69) is 38.3 Å². The molecule has 0 bridgehead atoms. The number of nitrogens with one attached hydrogen (secondary N) is 1. The summed E-state index contributed by atoms with van der Waals surface area (Å²) in [5.74, 6) is 1.30. The number of piperidine rings is 2. The van der Waals surface area contributed by atoms with E-state index in [1.54, 1.807) is 19.4 Å². The zero-order valence-electron chi connectivity index (χ0n) is 23.7. The van der Waals surface area contributed by atoms with E-state index >= 15 is 0 Å². The zero-order chi connectivity index (χ0) is 28.6. The van der Waals surface area contributed by atoms with Gasteiger partial charge in [-0.05, 0) is 79.5 Å². The second-order valence-corrected chi connectivity index (χ2v) is 11.2. The van der Waals surface area contributed by atoms with Gasteiger partial charge in [0.1, 0.15) is 17.7 Å². The number of hydrogen-bond donors (Lipinski definition) is 2. The second-order valence-electron chi connectivity index (χ2n) is 11.2. The van der Waals surface area contributed by atoms with Gasteiger partial charge in [0.15, 0.2) is 0 Å². The lowest BCUT2D eigenvalue weighted by Gasteiger charge is -2.35. The van der Waals surface area contributed by atoms with E-state index < -0.39 is 6.23 Å². The summed E-state index contributed by atoms with van der Waals surface area (Å²) in [6.07, 6.45) is 5.77. The monoisotopic (exact) mass is 553 g/mol. The fourth-order valence-electron chi connectivity index (χ4n) is 5.84. The Kier molecular flexibility index (Phi) is 9.63. The summed E-state index contributed by atoms with van der Waals surface area (Å²) in [6, 6.07) is 21.8. The van der Waals surface area contributed by atoms with E-state index in [1.807, 2.05) is 42.5 Å². The number of likely N-dealkylation sites (tertiary alicyclic amines) is 2. The first-order valence-corrected chi connectivity index (χ1v) is 14.5. The third kappa shape index (κ3) is 7.70. The molecule has 2 fully saturated rings. The van der Waals surface area contributed by atoms with Gasteiger partial charge in [-0.25, -0.2) is 0 Å². The molecular weight excluding hydrogens is 514 g/mol. The smallest absolute Gasteiger partial charge is 0.270 e. The molecule has 2 aliphatic rings. The van der Waals surface area contributed by atoms with Crippen LogP contribution in [0.25, 0.3) is 0 Å². The highest BCUT2D eigenvalue weighted by molar-refractivity contribution is 5.92. The largest absolute Gasteiger partial charge is 0.497 e. The normalized spacial score (nSPS) is 18.0. The van der Waals surface area contributed by atoms with E-state index in [0.717, 1.165) is 70.6 Å². The second kappa shape index (κ2) is 13.7. The highest BCUT2D eigenvalue weighted by Gasteiger charge is 2.26. The van der Waals surface area contributed by atoms with Crippen molar-refractivity contribution in [3.8, 4) is 11.8 Å². The van der Waals surface area contributed by atoms with Crippen LogP contribution in [0.1, 0.15) is 64.7 Å². The number of benzene rings is 2. The number of nitrogens with zero attached hydrogens (tertiary/aromatic N) is 4. The number of nitriles is 1. The average molecular weight is 554 g/mol. The van der Waals surface area contributed by atoms with Crippen LogP contribution in [0.2, 0.25) is 0 Å². The van der Waals surface area contributed by atoms with Gasteiger partial charge in [-0.1, -0.05) is 30.3 Å². The minimum absolute atomic E-state index is 0.117. The molecule has 1 amide bonds. The van der Waals surface area contributed by atoms with Crippen LogP contribution in [0.15, 0.2) is 66.9 Å². The molecule has 5 rings (SSSR count). The van der Waals surface area contributed by atoms with Crippen LogP contribution in [0.3, 0.4) is 0 Å². The predicted molar refractivity (Wildman–Crippen MR) is 157 cm³/mol. The van der Waals surface area contributed by atoms with Crippen molar-refractivity contribution in [3.05, 3.63) is 94.8 Å². The lowest BCUT2D eigenvalue weighted by Crippen LogP contribution is -2.44. The van der Waals surface area contributed by atoms with Gasteiger partial charge in [0.2, 0.25) is 0 Å². The minimum Gasteiger partial charge on any atom is -0.497 e. The summed E-state index contributed by atoms with van der Waals surface area (Å²) >= 11 is 0. The van der Waals surface area contributed by atoms with E-state index in [-0.39, 0.29) is 11.9 Å². The molecule has 1 atom stereocenters. The molecule has 8 heteroatoms. The maximum atomic E-state index is 12.9. The van der Waals surface area contributed by atoms with Gasteiger partial charge in [-0.15, -0.1) is 0 Å². The van der Waals surface area contributed by atoms with Gasteiger partial charge >= 0.3 is 0 Å². The third-order valence-electron chi connectivity index (χ3n) is 8.41. The molecule has 2 aliphatic heterocycles. The molecule has 41 heavy (non-hydrogen) atoms. The zero-order valence-corrected chi connectivity index (χ0v) is 23.7. The molecule has 0 aliphatic carbocycles. The maximum Gasteiger partial charge on any atom is 0.270 e. The Morgan fingerprint density at radius 1 is 1.00 bits per heavy atom. The van der Waals surface area contributed by atoms with Gasteiger partial charge in [-0.3, -0.25) is 19.6 Å². The Morgan fingerprint density at radius 3 is 2.29 bits per heavy atom. The van der Waals surface area contributed by atoms with Crippen LogP contribution < -0.4 is 10.1 Å². The first-order valence-electron chi connectivity index (χ1n) is 14.5. The van der Waals surface area contributed by atoms with Crippen molar-refractivity contribution in [2.75, 3.05) is 33.3 Å². The summed E-state index contributed by atoms with van der Waals surface area (Å²) in [5.41, 5.74) is 4.27. The van der Waals surface area contributed by atoms with E-state index in [1.165, 1.54) is 11.1 Å². The molecule has 214 valence electrons. The van der Waals surface area contributed by atoms with E-state index in [4.69, 9.17) is 10.00 Å². The van der Waals surface area contributed by atoms with Gasteiger partial charge in [0, 0.05) is 50.5 Å². The molecule has 2 saturated heterocycles. The van der Waals surface area contributed by atoms with Gasteiger partial charge < -0.3 is 15.2 Å². The molecule has 0 radical (unpaired) electrons. The Bertz CT molecular complexity index is 1300. The number of rotatable bonds is 9. The third-order valence-corrected chi connectivity index (χ3v) is 8.41. The molecule has 1 aromatic heterocycles. The molecule has 3 aromatic rings. The number of aliphatic hydroxyl groups is 1. The van der Waals surface area contributed by atoms with Gasteiger partial charge in [0.05, 0.1) is 18.7 Å². The Hall–Kier alpha value is -3.77. The summed E-state index contributed by atoms with van der Waals surface area (Å²) < 4.78 is 5.25. The van der Waals surface area contributed by atoms with Crippen molar-refractivity contribution in [2.45, 2.75) is 50.9 Å². The molecular formula is C33H39N5O3. The molecule has 8 nitrogen and oxygen atoms in total. The highest BCUT2D eigenvalue weighted by atomic mass is 16.5. The molecule has 0 spiro atoms. The standard InChI is InChI=1S/C33H39N5O3/c1-41-30-9-6-24(7-10-30)20-25-12-18-38(19-13-25)33(40)28-8-11-31(35-22-28)32(39)36-29-14-16-37(17-15-29)23-27-4-2-26(21-34)3-5-27/h2-11,22,25,29,33,40H,12-20,23H2,1H3,(H,36,39). The fraction of sp³-hybridized carbons (Fsp3) is 0.424. The van der Waals surface area contributed by atoms with E-state index in [0.29, 0.717) is 22.7 Å². The van der Waals surface area contributed by atoms with Crippen molar-refractivity contribution in [2.24, 2.45) is 5.92 Å². The number of carbonyl (C=O) groups is 1. The van der Waals surface area contributed by atoms with Gasteiger partial charge in [-0.2, -0.15) is 5.26 Å². The molecule has 2 N–H and O–H groups in total. The van der Waals surface area contributed by atoms with Crippen LogP contribution in [0, 0.1) is 17.2 Å². The number of amides is 1.